The van der Waals surface area contributed by atoms with Crippen LogP contribution in [0.25, 0.3) is 111 Å². The Hall–Kier alpha value is -8.41. The van der Waals surface area contributed by atoms with Crippen molar-refractivity contribution in [1.29, 1.82) is 0 Å². The van der Waals surface area contributed by atoms with E-state index in [1.54, 1.807) is 0 Å². The van der Waals surface area contributed by atoms with Crippen LogP contribution < -0.4 is 0 Å². The summed E-state index contributed by atoms with van der Waals surface area (Å²) in [7, 11) is 0. The van der Waals surface area contributed by atoms with Crippen LogP contribution in [-0.2, 0) is 0 Å². The molecule has 0 amide bonds. The Morgan fingerprint density at radius 3 is 1.11 bits per heavy atom. The molecule has 0 saturated heterocycles. The van der Waals surface area contributed by atoms with Crippen molar-refractivity contribution in [2.45, 2.75) is 0 Å². The smallest absolute Gasteiger partial charge is 0.164 e. The normalized spacial score (nSPS) is 11.5. The summed E-state index contributed by atoms with van der Waals surface area (Å²) in [4.78, 5) is 15.0. The minimum Gasteiger partial charge on any atom is -0.309 e. The fourth-order valence-electron chi connectivity index (χ4n) is 9.02. The van der Waals surface area contributed by atoms with Gasteiger partial charge in [-0.3, -0.25) is 0 Å². The molecule has 3 aromatic heterocycles. The van der Waals surface area contributed by atoms with Crippen LogP contribution in [-0.4, -0.2) is 24.1 Å². The van der Waals surface area contributed by atoms with Gasteiger partial charge in [0.05, 0.1) is 22.1 Å². The maximum Gasteiger partial charge on any atom is 0.164 e. The molecule has 0 aliphatic rings. The first-order valence-electron chi connectivity index (χ1n) is 20.9. The highest BCUT2D eigenvalue weighted by Crippen LogP contribution is 2.38. The highest BCUT2D eigenvalue weighted by atomic mass is 15.0. The highest BCUT2D eigenvalue weighted by Gasteiger charge is 2.17. The van der Waals surface area contributed by atoms with Gasteiger partial charge in [-0.15, -0.1) is 0 Å². The van der Waals surface area contributed by atoms with Gasteiger partial charge in [-0.05, 0) is 82.9 Å². The van der Waals surface area contributed by atoms with Crippen LogP contribution in [0.3, 0.4) is 0 Å². The largest absolute Gasteiger partial charge is 0.309 e. The first kappa shape index (κ1) is 35.5. The number of hydrogen-bond donors (Lipinski definition) is 0. The van der Waals surface area contributed by atoms with Gasteiger partial charge in [-0.1, -0.05) is 164 Å². The summed E-state index contributed by atoms with van der Waals surface area (Å²) in [6.07, 6.45) is 0. The Morgan fingerprint density at radius 1 is 0.226 bits per heavy atom. The zero-order chi connectivity index (χ0) is 41.0. The molecule has 0 aliphatic carbocycles. The molecule has 12 aromatic rings. The van der Waals surface area contributed by atoms with Gasteiger partial charge in [-0.2, -0.15) is 0 Å². The molecule has 3 heterocycles. The second-order valence-electron chi connectivity index (χ2n) is 15.7. The Kier molecular flexibility index (Phi) is 8.42. The Bertz CT molecular complexity index is 3550. The van der Waals surface area contributed by atoms with Crippen molar-refractivity contribution in [2.75, 3.05) is 0 Å². The van der Waals surface area contributed by atoms with E-state index in [1.165, 1.54) is 60.5 Å². The predicted octanol–water partition coefficient (Wildman–Crippen LogP) is 14.4. The molecule has 290 valence electrons. The molecule has 0 unspecified atom stereocenters. The average molecular weight is 792 g/mol. The third-order valence-electron chi connectivity index (χ3n) is 12.0. The topological polar surface area (TPSA) is 48.5 Å². The summed E-state index contributed by atoms with van der Waals surface area (Å²) in [6.45, 7) is 0. The molecule has 0 atom stereocenters. The third-order valence-corrected chi connectivity index (χ3v) is 12.0. The molecule has 0 saturated carbocycles. The first-order chi connectivity index (χ1) is 30.7. The summed E-state index contributed by atoms with van der Waals surface area (Å²) in [5, 5.41) is 4.91. The molecular weight excluding hydrogens is 755 g/mol. The van der Waals surface area contributed by atoms with E-state index in [4.69, 9.17) is 15.0 Å². The first-order valence-corrected chi connectivity index (χ1v) is 20.9. The molecule has 0 radical (unpaired) electrons. The quantitative estimate of drug-likeness (QED) is 0.162. The van der Waals surface area contributed by atoms with E-state index in [-0.39, 0.29) is 0 Å². The van der Waals surface area contributed by atoms with Gasteiger partial charge >= 0.3 is 0 Å². The summed E-state index contributed by atoms with van der Waals surface area (Å²) < 4.78 is 4.71. The van der Waals surface area contributed by atoms with Crippen molar-refractivity contribution in [2.24, 2.45) is 0 Å². The lowest BCUT2D eigenvalue weighted by Crippen LogP contribution is -2.01. The van der Waals surface area contributed by atoms with E-state index in [0.717, 1.165) is 33.4 Å². The van der Waals surface area contributed by atoms with Crippen molar-refractivity contribution in [3.63, 3.8) is 0 Å². The van der Waals surface area contributed by atoms with Crippen molar-refractivity contribution >= 4 is 43.6 Å². The van der Waals surface area contributed by atoms with Gasteiger partial charge < -0.3 is 9.13 Å². The summed E-state index contributed by atoms with van der Waals surface area (Å²) >= 11 is 0. The zero-order valence-electron chi connectivity index (χ0n) is 33.6. The van der Waals surface area contributed by atoms with E-state index in [9.17, 15) is 0 Å². The minimum absolute atomic E-state index is 0.630. The minimum atomic E-state index is 0.630. The lowest BCUT2D eigenvalue weighted by Gasteiger charge is -2.12. The van der Waals surface area contributed by atoms with Crippen LogP contribution in [0.2, 0.25) is 0 Å². The molecule has 12 rings (SSSR count). The summed E-state index contributed by atoms with van der Waals surface area (Å²) in [5.41, 5.74) is 14.5. The fraction of sp³-hybridized carbons (Fsp3) is 0. The standard InChI is InChI=1S/C57H37N5/c1-4-15-40(16-5-1)55-58-56(41-17-6-2-7-18-41)60-57(59-55)44-19-14-22-46(35-44)62-52-26-13-11-24-48(52)50-37-43(32-34-54(50)62)39-29-27-38(28-30-39)42-31-33-53-49(36-42)47-23-10-12-25-51(47)61(53)45-20-8-3-9-21-45/h1-37H. The molecule has 0 spiro atoms. The number of fused-ring (bicyclic) bond motifs is 6. The van der Waals surface area contributed by atoms with Crippen molar-refractivity contribution < 1.29 is 0 Å². The Labute approximate surface area is 358 Å². The summed E-state index contributed by atoms with van der Waals surface area (Å²) in [5.74, 6) is 1.92. The van der Waals surface area contributed by atoms with E-state index in [2.05, 4.69) is 173 Å². The Balaban J connectivity index is 0.914. The van der Waals surface area contributed by atoms with Crippen LogP contribution in [0, 0.1) is 0 Å². The number of nitrogens with zero attached hydrogens (tertiary/aromatic N) is 5. The fourth-order valence-corrected chi connectivity index (χ4v) is 9.02. The average Bonchev–Trinajstić information content (AvgIpc) is 3.87. The van der Waals surface area contributed by atoms with Gasteiger partial charge in [0.25, 0.3) is 0 Å². The molecule has 0 aliphatic heterocycles. The number of hydrogen-bond acceptors (Lipinski definition) is 3. The van der Waals surface area contributed by atoms with Crippen molar-refractivity contribution in [3.05, 3.63) is 224 Å². The van der Waals surface area contributed by atoms with Crippen molar-refractivity contribution in [3.8, 4) is 67.8 Å². The third kappa shape index (κ3) is 6.06. The maximum atomic E-state index is 5.02. The van der Waals surface area contributed by atoms with Crippen LogP contribution in [0.15, 0.2) is 224 Å². The lowest BCUT2D eigenvalue weighted by molar-refractivity contribution is 1.07. The SMILES string of the molecule is c1ccc(-c2nc(-c3ccccc3)nc(-c3cccc(-n4c5ccccc5c5cc(-c6ccc(-c7ccc8c(c7)c7ccccc7n8-c7ccccc7)cc6)ccc54)c3)n2)cc1. The number of para-hydroxylation sites is 3. The van der Waals surface area contributed by atoms with Crippen molar-refractivity contribution in [1.82, 2.24) is 24.1 Å². The van der Waals surface area contributed by atoms with E-state index in [1.807, 2.05) is 60.7 Å². The molecule has 9 aromatic carbocycles. The van der Waals surface area contributed by atoms with E-state index in [0.29, 0.717) is 17.5 Å². The van der Waals surface area contributed by atoms with Crippen LogP contribution >= 0.6 is 0 Å². The molecule has 5 heteroatoms. The van der Waals surface area contributed by atoms with Gasteiger partial charge in [0, 0.05) is 49.6 Å². The zero-order valence-corrected chi connectivity index (χ0v) is 33.6. The maximum absolute atomic E-state index is 5.02. The predicted molar refractivity (Wildman–Crippen MR) is 256 cm³/mol. The molecule has 0 N–H and O–H groups in total. The van der Waals surface area contributed by atoms with E-state index < -0.39 is 0 Å². The Morgan fingerprint density at radius 2 is 0.597 bits per heavy atom. The lowest BCUT2D eigenvalue weighted by atomic mass is 9.98. The highest BCUT2D eigenvalue weighted by molar-refractivity contribution is 6.11. The molecule has 0 fully saturated rings. The second kappa shape index (κ2) is 14.7. The van der Waals surface area contributed by atoms with Gasteiger partial charge in [0.2, 0.25) is 0 Å². The number of rotatable bonds is 7. The summed E-state index contributed by atoms with van der Waals surface area (Å²) in [6, 6.07) is 79.4. The molecular formula is C57H37N5. The van der Waals surface area contributed by atoms with Crippen LogP contribution in [0.4, 0.5) is 0 Å². The molecule has 0 bridgehead atoms. The van der Waals surface area contributed by atoms with Crippen LogP contribution in [0.1, 0.15) is 0 Å². The van der Waals surface area contributed by atoms with Gasteiger partial charge in [0.1, 0.15) is 0 Å². The molecule has 5 nitrogen and oxygen atoms in total. The molecule has 62 heavy (non-hydrogen) atoms. The van der Waals surface area contributed by atoms with Gasteiger partial charge in [0.15, 0.2) is 17.5 Å². The van der Waals surface area contributed by atoms with E-state index >= 15 is 0 Å². The second-order valence-corrected chi connectivity index (χ2v) is 15.7. The van der Waals surface area contributed by atoms with Gasteiger partial charge in [-0.25, -0.2) is 15.0 Å². The number of aromatic nitrogens is 5. The number of benzene rings is 9. The van der Waals surface area contributed by atoms with Crippen LogP contribution in [0.5, 0.6) is 0 Å². The monoisotopic (exact) mass is 791 g/mol.